The van der Waals surface area contributed by atoms with Gasteiger partial charge >= 0.3 is 6.09 Å². The molecule has 1 N–H and O–H groups in total. The lowest BCUT2D eigenvalue weighted by atomic mass is 10.0. The summed E-state index contributed by atoms with van der Waals surface area (Å²) in [6, 6.07) is 14.4. The average Bonchev–Trinajstić information content (AvgIpc) is 2.66. The zero-order valence-corrected chi connectivity index (χ0v) is 14.0. The van der Waals surface area contributed by atoms with Gasteiger partial charge < -0.3 is 4.74 Å². The monoisotopic (exact) mass is 368 g/mol. The minimum absolute atomic E-state index is 0.0147. The quantitative estimate of drug-likeness (QED) is 0.680. The van der Waals surface area contributed by atoms with E-state index in [4.69, 9.17) is 4.74 Å². The molecule has 1 heterocycles. The fourth-order valence-electron chi connectivity index (χ4n) is 2.38. The summed E-state index contributed by atoms with van der Waals surface area (Å²) in [5, 5.41) is 2.38. The number of benzene rings is 2. The summed E-state index contributed by atoms with van der Waals surface area (Å²) in [5.41, 5.74) is 0.584. The van der Waals surface area contributed by atoms with Crippen LogP contribution in [0.25, 0.3) is 0 Å². The number of nitrogens with zero attached hydrogens (tertiary/aromatic N) is 1. The highest BCUT2D eigenvalue weighted by molar-refractivity contribution is 6.12. The summed E-state index contributed by atoms with van der Waals surface area (Å²) in [7, 11) is 0. The number of ether oxygens (including phenoxy) is 1. The van der Waals surface area contributed by atoms with Crippen LogP contribution in [-0.4, -0.2) is 16.9 Å². The van der Waals surface area contributed by atoms with E-state index in [1.54, 1.807) is 12.1 Å². The van der Waals surface area contributed by atoms with Crippen LogP contribution in [0.5, 0.6) is 0 Å². The highest BCUT2D eigenvalue weighted by Crippen LogP contribution is 2.19. The molecule has 0 aliphatic rings. The lowest BCUT2D eigenvalue weighted by molar-refractivity contribution is 0.103. The number of pyridine rings is 1. The molecule has 2 aromatic carbocycles. The van der Waals surface area contributed by atoms with Crippen molar-refractivity contribution in [1.29, 1.82) is 0 Å². The van der Waals surface area contributed by atoms with Crippen LogP contribution in [0.15, 0.2) is 66.9 Å². The van der Waals surface area contributed by atoms with Crippen LogP contribution < -0.4 is 5.32 Å². The number of carbonyl (C=O) groups excluding carboxylic acids is 2. The van der Waals surface area contributed by atoms with Crippen molar-refractivity contribution in [2.75, 3.05) is 5.32 Å². The van der Waals surface area contributed by atoms with Crippen LogP contribution in [-0.2, 0) is 11.3 Å². The Kier molecular flexibility index (Phi) is 5.51. The molecule has 3 rings (SSSR count). The number of ketones is 1. The van der Waals surface area contributed by atoms with Gasteiger partial charge in [0.05, 0.1) is 5.56 Å². The first-order chi connectivity index (χ1) is 13.0. The average molecular weight is 368 g/mol. The molecule has 0 spiro atoms. The molecule has 5 nitrogen and oxygen atoms in total. The maximum atomic E-state index is 13.4. The highest BCUT2D eigenvalue weighted by Gasteiger charge is 2.18. The second-order valence-electron chi connectivity index (χ2n) is 5.57. The Labute approximate surface area is 153 Å². The number of rotatable bonds is 5. The van der Waals surface area contributed by atoms with Crippen LogP contribution in [0.3, 0.4) is 0 Å². The van der Waals surface area contributed by atoms with E-state index in [1.807, 2.05) is 18.2 Å². The fourth-order valence-corrected chi connectivity index (χ4v) is 2.38. The van der Waals surface area contributed by atoms with Crippen LogP contribution in [0, 0.1) is 11.6 Å². The fraction of sp³-hybridized carbons (Fsp3) is 0.0500. The Morgan fingerprint density at radius 1 is 0.963 bits per heavy atom. The molecule has 0 fully saturated rings. The van der Waals surface area contributed by atoms with Crippen molar-refractivity contribution in [3.8, 4) is 0 Å². The molecule has 0 unspecified atom stereocenters. The van der Waals surface area contributed by atoms with E-state index in [9.17, 15) is 18.4 Å². The first kappa shape index (κ1) is 18.2. The maximum Gasteiger partial charge on any atom is 0.413 e. The summed E-state index contributed by atoms with van der Waals surface area (Å²) < 4.78 is 31.8. The molecule has 3 aromatic rings. The zero-order valence-electron chi connectivity index (χ0n) is 14.0. The smallest absolute Gasteiger partial charge is 0.413 e. The molecule has 0 atom stereocenters. The van der Waals surface area contributed by atoms with Gasteiger partial charge in [-0.15, -0.1) is 0 Å². The zero-order chi connectivity index (χ0) is 19.2. The van der Waals surface area contributed by atoms with Gasteiger partial charge in [-0.3, -0.25) is 10.1 Å². The number of halogens is 2. The van der Waals surface area contributed by atoms with E-state index in [1.165, 1.54) is 18.3 Å². The van der Waals surface area contributed by atoms with Gasteiger partial charge in [-0.05, 0) is 29.8 Å². The number of hydrogen-bond acceptors (Lipinski definition) is 4. The number of hydrogen-bond donors (Lipinski definition) is 1. The van der Waals surface area contributed by atoms with Gasteiger partial charge in [0, 0.05) is 17.8 Å². The minimum Gasteiger partial charge on any atom is -0.444 e. The van der Waals surface area contributed by atoms with Gasteiger partial charge in [0.1, 0.15) is 24.1 Å². The van der Waals surface area contributed by atoms with Gasteiger partial charge in [0.15, 0.2) is 5.78 Å². The lowest BCUT2D eigenvalue weighted by Crippen LogP contribution is -2.17. The predicted octanol–water partition coefficient (Wildman–Crippen LogP) is 4.34. The summed E-state index contributed by atoms with van der Waals surface area (Å²) in [6.45, 7) is 0.0396. The van der Waals surface area contributed by atoms with Crippen molar-refractivity contribution in [3.05, 3.63) is 95.2 Å². The van der Waals surface area contributed by atoms with E-state index >= 15 is 0 Å². The van der Waals surface area contributed by atoms with E-state index in [0.29, 0.717) is 6.07 Å². The molecule has 0 aliphatic heterocycles. The molecule has 136 valence electrons. The normalized spacial score (nSPS) is 10.3. The summed E-state index contributed by atoms with van der Waals surface area (Å²) in [4.78, 5) is 28.5. The summed E-state index contributed by atoms with van der Waals surface area (Å²) >= 11 is 0. The molecule has 7 heteroatoms. The van der Waals surface area contributed by atoms with Gasteiger partial charge in [-0.2, -0.15) is 0 Å². The Morgan fingerprint density at radius 2 is 1.67 bits per heavy atom. The largest absolute Gasteiger partial charge is 0.444 e. The molecule has 0 saturated carbocycles. The molecule has 0 radical (unpaired) electrons. The van der Waals surface area contributed by atoms with Crippen molar-refractivity contribution in [2.24, 2.45) is 0 Å². The van der Waals surface area contributed by atoms with Crippen LogP contribution in [0.2, 0.25) is 0 Å². The molecule has 27 heavy (non-hydrogen) atoms. The Hall–Kier alpha value is -3.61. The van der Waals surface area contributed by atoms with E-state index < -0.39 is 23.5 Å². The van der Waals surface area contributed by atoms with Crippen LogP contribution in [0.1, 0.15) is 21.5 Å². The first-order valence-corrected chi connectivity index (χ1v) is 7.96. The van der Waals surface area contributed by atoms with Gasteiger partial charge in [0.25, 0.3) is 0 Å². The Balaban J connectivity index is 1.75. The van der Waals surface area contributed by atoms with E-state index in [-0.39, 0.29) is 23.6 Å². The highest BCUT2D eigenvalue weighted by atomic mass is 19.1. The van der Waals surface area contributed by atoms with Crippen molar-refractivity contribution in [2.45, 2.75) is 6.61 Å². The molecule has 0 saturated heterocycles. The summed E-state index contributed by atoms with van der Waals surface area (Å²) in [6.07, 6.45) is 0.562. The van der Waals surface area contributed by atoms with Crippen molar-refractivity contribution in [3.63, 3.8) is 0 Å². The molecular formula is C20H14F2N2O3. The van der Waals surface area contributed by atoms with Crippen molar-refractivity contribution in [1.82, 2.24) is 4.98 Å². The van der Waals surface area contributed by atoms with Crippen molar-refractivity contribution >= 4 is 17.7 Å². The third-order valence-corrected chi connectivity index (χ3v) is 3.61. The van der Waals surface area contributed by atoms with Crippen LogP contribution >= 0.6 is 0 Å². The van der Waals surface area contributed by atoms with Gasteiger partial charge in [0.2, 0.25) is 0 Å². The van der Waals surface area contributed by atoms with Gasteiger partial charge in [-0.1, -0.05) is 30.3 Å². The Morgan fingerprint density at radius 3 is 2.37 bits per heavy atom. The first-order valence-electron chi connectivity index (χ1n) is 7.96. The Bertz CT molecular complexity index is 958. The van der Waals surface area contributed by atoms with Crippen molar-refractivity contribution < 1.29 is 23.1 Å². The number of anilines is 1. The SMILES string of the molecule is O=C(Nc1ncccc1C(=O)c1cc(F)cc(F)c1)OCc1ccccc1. The molecule has 1 aromatic heterocycles. The topological polar surface area (TPSA) is 68.3 Å². The number of amides is 1. The van der Waals surface area contributed by atoms with E-state index in [2.05, 4.69) is 10.3 Å². The summed E-state index contributed by atoms with van der Waals surface area (Å²) in [5.74, 6) is -2.50. The van der Waals surface area contributed by atoms with E-state index in [0.717, 1.165) is 17.7 Å². The second-order valence-corrected chi connectivity index (χ2v) is 5.57. The lowest BCUT2D eigenvalue weighted by Gasteiger charge is -2.10. The maximum absolute atomic E-state index is 13.4. The molecule has 0 aliphatic carbocycles. The second kappa shape index (κ2) is 8.18. The predicted molar refractivity (Wildman–Crippen MR) is 94.3 cm³/mol. The minimum atomic E-state index is -0.876. The van der Waals surface area contributed by atoms with Gasteiger partial charge in [-0.25, -0.2) is 18.6 Å². The number of nitrogens with one attached hydrogen (secondary N) is 1. The molecule has 1 amide bonds. The number of carbonyl (C=O) groups is 2. The third kappa shape index (κ3) is 4.72. The molecular weight excluding hydrogens is 354 g/mol. The van der Waals surface area contributed by atoms with Crippen LogP contribution in [0.4, 0.5) is 19.4 Å². The third-order valence-electron chi connectivity index (χ3n) is 3.61. The standard InChI is InChI=1S/C20H14F2N2O3/c21-15-9-14(10-16(22)11-15)18(25)17-7-4-8-23-19(17)24-20(26)27-12-13-5-2-1-3-6-13/h1-11H,12H2,(H,23,24,26). The molecule has 0 bridgehead atoms. The number of aromatic nitrogens is 1.